The van der Waals surface area contributed by atoms with Gasteiger partial charge in [0.05, 0.1) is 0 Å². The van der Waals surface area contributed by atoms with E-state index in [-0.39, 0.29) is 0 Å². The van der Waals surface area contributed by atoms with Crippen molar-refractivity contribution in [3.05, 3.63) is 72.8 Å². The van der Waals surface area contributed by atoms with E-state index in [0.29, 0.717) is 0 Å². The zero-order valence-electron chi connectivity index (χ0n) is 13.0. The number of carbonyl (C=O) groups excluding carboxylic acids is 2. The summed E-state index contributed by atoms with van der Waals surface area (Å²) in [7, 11) is 0. The van der Waals surface area contributed by atoms with Gasteiger partial charge in [-0.05, 0) is 24.3 Å². The van der Waals surface area contributed by atoms with Crippen molar-refractivity contribution < 1.29 is 36.6 Å². The van der Waals surface area contributed by atoms with Crippen LogP contribution in [0.15, 0.2) is 49.6 Å². The minimum Gasteiger partial charge on any atom is -0.420 e. The number of hydrogen-bond donors (Lipinski definition) is 0. The maximum atomic E-state index is 14.2. The first-order valence-corrected chi connectivity index (χ1v) is 6.95. The summed E-state index contributed by atoms with van der Waals surface area (Å²) in [6.07, 6.45) is 1.48. The summed E-state index contributed by atoms with van der Waals surface area (Å²) in [5.74, 6) is -9.80. The molecule has 0 amide bonds. The van der Waals surface area contributed by atoms with Gasteiger partial charge in [0.1, 0.15) is 0 Å². The second kappa shape index (κ2) is 7.64. The van der Waals surface area contributed by atoms with Gasteiger partial charge in [0.2, 0.25) is 11.6 Å². The van der Waals surface area contributed by atoms with Gasteiger partial charge < -0.3 is 9.47 Å². The van der Waals surface area contributed by atoms with Crippen LogP contribution in [0.5, 0.6) is 11.5 Å². The lowest BCUT2D eigenvalue weighted by atomic mass is 10.0. The highest BCUT2D eigenvalue weighted by molar-refractivity contribution is 5.84. The molecule has 8 heteroatoms. The number of esters is 2. The minimum absolute atomic E-state index is 0.626. The Hall–Kier alpha value is -3.42. The van der Waals surface area contributed by atoms with E-state index in [9.17, 15) is 27.2 Å². The Morgan fingerprint density at radius 1 is 0.692 bits per heavy atom. The fourth-order valence-corrected chi connectivity index (χ4v) is 1.94. The van der Waals surface area contributed by atoms with Gasteiger partial charge in [-0.1, -0.05) is 13.2 Å². The molecule has 0 aromatic heterocycles. The first kappa shape index (κ1) is 18.9. The number of halogens is 4. The number of hydrogen-bond acceptors (Lipinski definition) is 4. The van der Waals surface area contributed by atoms with Crippen molar-refractivity contribution in [1.82, 2.24) is 0 Å². The van der Waals surface area contributed by atoms with Crippen molar-refractivity contribution in [1.29, 1.82) is 0 Å². The van der Waals surface area contributed by atoms with Gasteiger partial charge >= 0.3 is 11.9 Å². The first-order chi connectivity index (χ1) is 12.3. The molecule has 2 aromatic rings. The smallest absolute Gasteiger partial charge is 0.335 e. The van der Waals surface area contributed by atoms with Crippen LogP contribution in [0.25, 0.3) is 11.1 Å². The Morgan fingerprint density at radius 3 is 1.35 bits per heavy atom. The second-order valence-corrected chi connectivity index (χ2v) is 4.73. The first-order valence-electron chi connectivity index (χ1n) is 6.95. The Labute approximate surface area is 145 Å². The van der Waals surface area contributed by atoms with E-state index in [0.717, 1.165) is 36.4 Å². The van der Waals surface area contributed by atoms with E-state index in [1.165, 1.54) is 0 Å². The van der Waals surface area contributed by atoms with Gasteiger partial charge in [0, 0.05) is 23.3 Å². The topological polar surface area (TPSA) is 52.6 Å². The number of benzene rings is 2. The van der Waals surface area contributed by atoms with Gasteiger partial charge in [-0.15, -0.1) is 0 Å². The van der Waals surface area contributed by atoms with E-state index in [4.69, 9.17) is 0 Å². The summed E-state index contributed by atoms with van der Waals surface area (Å²) >= 11 is 0. The van der Waals surface area contributed by atoms with Crippen LogP contribution in [0.3, 0.4) is 0 Å². The quantitative estimate of drug-likeness (QED) is 0.346. The minimum atomic E-state index is -1.57. The molecule has 0 heterocycles. The predicted octanol–water partition coefficient (Wildman–Crippen LogP) is 4.09. The third kappa shape index (κ3) is 3.64. The Morgan fingerprint density at radius 2 is 1.04 bits per heavy atom. The van der Waals surface area contributed by atoms with Gasteiger partial charge in [0.25, 0.3) is 0 Å². The molecule has 2 aromatic carbocycles. The third-order valence-corrected chi connectivity index (χ3v) is 3.14. The molecule has 0 atom stereocenters. The lowest BCUT2D eigenvalue weighted by molar-refractivity contribution is -0.130. The normalized spacial score (nSPS) is 10.2. The molecule has 0 aliphatic carbocycles. The SMILES string of the molecule is C=CC(=O)Oc1ccc(-c2ccc(OC(=O)C=C)c(F)c2F)c(F)c1F. The highest BCUT2D eigenvalue weighted by Gasteiger charge is 2.23. The summed E-state index contributed by atoms with van der Waals surface area (Å²) in [6, 6.07) is 3.55. The number of ether oxygens (including phenoxy) is 2. The molecule has 0 fully saturated rings. The molecule has 0 radical (unpaired) electrons. The fraction of sp³-hybridized carbons (Fsp3) is 0. The standard InChI is InChI=1S/C18H10F4O4/c1-3-13(23)25-11-7-5-9(15(19)17(11)21)10-6-8-12(18(22)16(10)20)26-14(24)4-2/h3-8H,1-2H2. The van der Waals surface area contributed by atoms with Crippen molar-refractivity contribution in [3.63, 3.8) is 0 Å². The molecule has 0 N–H and O–H groups in total. The molecule has 0 aliphatic heterocycles. The summed E-state index contributed by atoms with van der Waals surface area (Å²) in [5, 5.41) is 0. The lowest BCUT2D eigenvalue weighted by Gasteiger charge is -2.11. The summed E-state index contributed by atoms with van der Waals surface area (Å²) in [6.45, 7) is 6.21. The number of rotatable bonds is 5. The predicted molar refractivity (Wildman–Crippen MR) is 83.4 cm³/mol. The van der Waals surface area contributed by atoms with Crippen LogP contribution < -0.4 is 9.47 Å². The highest BCUT2D eigenvalue weighted by Crippen LogP contribution is 2.34. The van der Waals surface area contributed by atoms with Crippen molar-refractivity contribution >= 4 is 11.9 Å². The molecule has 134 valence electrons. The zero-order valence-corrected chi connectivity index (χ0v) is 13.0. The highest BCUT2D eigenvalue weighted by atomic mass is 19.2. The van der Waals surface area contributed by atoms with E-state index in [2.05, 4.69) is 22.6 Å². The van der Waals surface area contributed by atoms with E-state index < -0.39 is 57.8 Å². The molecule has 4 nitrogen and oxygen atoms in total. The maximum Gasteiger partial charge on any atom is 0.335 e. The Balaban J connectivity index is 2.49. The van der Waals surface area contributed by atoms with Gasteiger partial charge in [-0.25, -0.2) is 18.4 Å². The van der Waals surface area contributed by atoms with E-state index in [1.807, 2.05) is 0 Å². The van der Waals surface area contributed by atoms with Crippen LogP contribution in [0.4, 0.5) is 17.6 Å². The van der Waals surface area contributed by atoms with Crippen LogP contribution in [0.1, 0.15) is 0 Å². The second-order valence-electron chi connectivity index (χ2n) is 4.73. The molecule has 2 rings (SSSR count). The maximum absolute atomic E-state index is 14.2. The van der Waals surface area contributed by atoms with Gasteiger partial charge in [-0.3, -0.25) is 0 Å². The molecule has 0 spiro atoms. The van der Waals surface area contributed by atoms with Crippen LogP contribution in [-0.4, -0.2) is 11.9 Å². The van der Waals surface area contributed by atoms with Crippen LogP contribution >= 0.6 is 0 Å². The van der Waals surface area contributed by atoms with E-state index >= 15 is 0 Å². The van der Waals surface area contributed by atoms with Gasteiger partial charge in [-0.2, -0.15) is 8.78 Å². The molecule has 0 saturated heterocycles. The largest absolute Gasteiger partial charge is 0.420 e. The Bertz CT molecular complexity index is 846. The summed E-state index contributed by atoms with van der Waals surface area (Å²) in [4.78, 5) is 22.1. The van der Waals surface area contributed by atoms with Crippen molar-refractivity contribution in [2.24, 2.45) is 0 Å². The molecule has 26 heavy (non-hydrogen) atoms. The molecular formula is C18H10F4O4. The fourth-order valence-electron chi connectivity index (χ4n) is 1.94. The van der Waals surface area contributed by atoms with Crippen LogP contribution in [0, 0.1) is 23.3 Å². The molecule has 0 aliphatic rings. The molecule has 0 unspecified atom stereocenters. The Kier molecular flexibility index (Phi) is 5.56. The average molecular weight is 366 g/mol. The van der Waals surface area contributed by atoms with Crippen LogP contribution in [0.2, 0.25) is 0 Å². The average Bonchev–Trinajstić information content (AvgIpc) is 2.63. The molecular weight excluding hydrogens is 356 g/mol. The number of carbonyl (C=O) groups is 2. The van der Waals surface area contributed by atoms with Gasteiger partial charge in [0.15, 0.2) is 23.1 Å². The lowest BCUT2D eigenvalue weighted by Crippen LogP contribution is -2.07. The third-order valence-electron chi connectivity index (χ3n) is 3.14. The molecule has 0 bridgehead atoms. The summed E-state index contributed by atoms with van der Waals surface area (Å²) in [5.41, 5.74) is -1.25. The van der Waals surface area contributed by atoms with Crippen molar-refractivity contribution in [3.8, 4) is 22.6 Å². The summed E-state index contributed by atoms with van der Waals surface area (Å²) < 4.78 is 65.4. The van der Waals surface area contributed by atoms with Crippen molar-refractivity contribution in [2.45, 2.75) is 0 Å². The molecule has 0 saturated carbocycles. The zero-order chi connectivity index (χ0) is 19.4. The van der Waals surface area contributed by atoms with E-state index in [1.54, 1.807) is 0 Å². The monoisotopic (exact) mass is 366 g/mol. The van der Waals surface area contributed by atoms with Crippen LogP contribution in [-0.2, 0) is 9.59 Å². The van der Waals surface area contributed by atoms with Crippen molar-refractivity contribution in [2.75, 3.05) is 0 Å².